The molecule has 1 aliphatic carbocycles. The van der Waals surface area contributed by atoms with Crippen LogP contribution in [0.15, 0.2) is 24.3 Å². The van der Waals surface area contributed by atoms with Crippen molar-refractivity contribution in [2.75, 3.05) is 0 Å². The lowest BCUT2D eigenvalue weighted by molar-refractivity contribution is 0.112. The van der Waals surface area contributed by atoms with E-state index in [1.807, 2.05) is 32.9 Å². The maximum Gasteiger partial charge on any atom is 0.152 e. The van der Waals surface area contributed by atoms with Crippen LogP contribution in [0.5, 0.6) is 0 Å². The van der Waals surface area contributed by atoms with Crippen molar-refractivity contribution >= 4 is 17.2 Å². The second kappa shape index (κ2) is 7.16. The lowest BCUT2D eigenvalue weighted by atomic mass is 9.97. The predicted octanol–water partition coefficient (Wildman–Crippen LogP) is 6.06. The van der Waals surface area contributed by atoms with Gasteiger partial charge in [-0.3, -0.25) is 9.78 Å². The van der Waals surface area contributed by atoms with Gasteiger partial charge in [-0.15, -0.1) is 0 Å². The van der Waals surface area contributed by atoms with Crippen LogP contribution in [0.25, 0.3) is 22.0 Å². The number of aryl methyl sites for hydroxylation is 2. The minimum Gasteiger partial charge on any atom is -0.341 e. The molecule has 0 amide bonds. The molecule has 0 bridgehead atoms. The van der Waals surface area contributed by atoms with E-state index < -0.39 is 0 Å². The molecule has 1 aromatic carbocycles. The normalized spacial score (nSPS) is 14.2. The molecule has 4 heteroatoms. The van der Waals surface area contributed by atoms with Gasteiger partial charge in [0.2, 0.25) is 0 Å². The number of carbonyl (C=O) groups is 1. The van der Waals surface area contributed by atoms with Gasteiger partial charge in [0.25, 0.3) is 0 Å². The van der Waals surface area contributed by atoms with Crippen LogP contribution in [0.4, 0.5) is 4.39 Å². The van der Waals surface area contributed by atoms with Gasteiger partial charge >= 0.3 is 0 Å². The smallest absolute Gasteiger partial charge is 0.152 e. The van der Waals surface area contributed by atoms with E-state index in [2.05, 4.69) is 17.6 Å². The zero-order valence-electron chi connectivity index (χ0n) is 17.1. The van der Waals surface area contributed by atoms with Crippen LogP contribution in [0.1, 0.15) is 67.0 Å². The molecule has 28 heavy (non-hydrogen) atoms. The fraction of sp³-hybridized carbons (Fsp3) is 0.417. The molecular weight excluding hydrogens is 351 g/mol. The number of pyridine rings is 1. The molecule has 2 heterocycles. The van der Waals surface area contributed by atoms with Crippen molar-refractivity contribution < 1.29 is 9.18 Å². The van der Waals surface area contributed by atoms with Crippen molar-refractivity contribution in [3.63, 3.8) is 0 Å². The van der Waals surface area contributed by atoms with Crippen LogP contribution < -0.4 is 0 Å². The standard InChI is InChI=1S/C24H27FN2O/c1-5-21-18(9-6-15(4)26-21)19-10-17(13-28)11-20-22(25)23(14(2)3)27(24(19)20)12-16-7-8-16/h6,9-11,13-14,16H,5,7-8,12H2,1-4H3. The zero-order valence-corrected chi connectivity index (χ0v) is 17.1. The van der Waals surface area contributed by atoms with Crippen molar-refractivity contribution in [1.82, 2.24) is 9.55 Å². The summed E-state index contributed by atoms with van der Waals surface area (Å²) in [6, 6.07) is 7.64. The first-order valence-electron chi connectivity index (χ1n) is 10.2. The molecular formula is C24H27FN2O. The first kappa shape index (κ1) is 18.9. The third-order valence-electron chi connectivity index (χ3n) is 5.71. The van der Waals surface area contributed by atoms with E-state index in [0.29, 0.717) is 16.9 Å². The maximum atomic E-state index is 15.5. The van der Waals surface area contributed by atoms with Gasteiger partial charge in [-0.25, -0.2) is 4.39 Å². The highest BCUT2D eigenvalue weighted by molar-refractivity contribution is 6.00. The van der Waals surface area contributed by atoms with Crippen LogP contribution in [0, 0.1) is 18.7 Å². The molecule has 4 rings (SSSR count). The molecule has 3 nitrogen and oxygen atoms in total. The number of hydrogen-bond donors (Lipinski definition) is 0. The van der Waals surface area contributed by atoms with Gasteiger partial charge < -0.3 is 4.57 Å². The third kappa shape index (κ3) is 3.15. The van der Waals surface area contributed by atoms with Gasteiger partial charge in [0, 0.05) is 40.0 Å². The lowest BCUT2D eigenvalue weighted by Crippen LogP contribution is -2.08. The largest absolute Gasteiger partial charge is 0.341 e. The van der Waals surface area contributed by atoms with Crippen LogP contribution in [-0.4, -0.2) is 15.8 Å². The summed E-state index contributed by atoms with van der Waals surface area (Å²) in [6.07, 6.45) is 4.00. The van der Waals surface area contributed by atoms with Gasteiger partial charge in [0.1, 0.15) is 6.29 Å². The van der Waals surface area contributed by atoms with Crippen LogP contribution in [0.2, 0.25) is 0 Å². The minimum absolute atomic E-state index is 0.0699. The summed E-state index contributed by atoms with van der Waals surface area (Å²) in [7, 11) is 0. The second-order valence-electron chi connectivity index (χ2n) is 8.29. The number of hydrogen-bond acceptors (Lipinski definition) is 2. The number of aromatic nitrogens is 2. The Labute approximate surface area is 165 Å². The highest BCUT2D eigenvalue weighted by Crippen LogP contribution is 2.41. The van der Waals surface area contributed by atoms with Crippen LogP contribution in [-0.2, 0) is 13.0 Å². The predicted molar refractivity (Wildman–Crippen MR) is 111 cm³/mol. The molecule has 146 valence electrons. The monoisotopic (exact) mass is 378 g/mol. The summed E-state index contributed by atoms with van der Waals surface area (Å²) in [4.78, 5) is 16.3. The summed E-state index contributed by atoms with van der Waals surface area (Å²) >= 11 is 0. The number of benzene rings is 1. The number of halogens is 1. The Morgan fingerprint density at radius 2 is 2.00 bits per heavy atom. The van der Waals surface area contributed by atoms with E-state index in [1.54, 1.807) is 6.07 Å². The first-order chi connectivity index (χ1) is 13.4. The van der Waals surface area contributed by atoms with E-state index in [1.165, 1.54) is 12.8 Å². The molecule has 1 aliphatic rings. The highest BCUT2D eigenvalue weighted by Gasteiger charge is 2.29. The van der Waals surface area contributed by atoms with Crippen molar-refractivity contribution in [2.45, 2.75) is 59.4 Å². The minimum atomic E-state index is -0.186. The molecule has 0 radical (unpaired) electrons. The Balaban J connectivity index is 2.10. The average molecular weight is 378 g/mol. The van der Waals surface area contributed by atoms with Gasteiger partial charge in [-0.05, 0) is 56.2 Å². The quantitative estimate of drug-likeness (QED) is 0.489. The Morgan fingerprint density at radius 1 is 1.25 bits per heavy atom. The molecule has 3 aromatic rings. The topological polar surface area (TPSA) is 34.9 Å². The molecule has 0 atom stereocenters. The van der Waals surface area contributed by atoms with Gasteiger partial charge in [-0.1, -0.05) is 26.8 Å². The van der Waals surface area contributed by atoms with Gasteiger partial charge in [0.05, 0.1) is 11.2 Å². The van der Waals surface area contributed by atoms with Crippen LogP contribution in [0.3, 0.4) is 0 Å². The molecule has 1 fully saturated rings. The average Bonchev–Trinajstić information content (AvgIpc) is 3.45. The number of carbonyl (C=O) groups excluding carboxylic acids is 1. The third-order valence-corrected chi connectivity index (χ3v) is 5.71. The fourth-order valence-corrected chi connectivity index (χ4v) is 4.20. The van der Waals surface area contributed by atoms with E-state index in [0.717, 1.165) is 53.0 Å². The van der Waals surface area contributed by atoms with Gasteiger partial charge in [-0.2, -0.15) is 0 Å². The molecule has 0 saturated heterocycles. The van der Waals surface area contributed by atoms with Crippen molar-refractivity contribution in [3.05, 3.63) is 52.7 Å². The molecule has 1 saturated carbocycles. The number of rotatable bonds is 6. The zero-order chi connectivity index (χ0) is 20.0. The molecule has 0 unspecified atom stereocenters. The van der Waals surface area contributed by atoms with Gasteiger partial charge in [0.15, 0.2) is 5.82 Å². The van der Waals surface area contributed by atoms with Crippen molar-refractivity contribution in [1.29, 1.82) is 0 Å². The van der Waals surface area contributed by atoms with E-state index in [-0.39, 0.29) is 11.7 Å². The Kier molecular flexibility index (Phi) is 4.82. The number of fused-ring (bicyclic) bond motifs is 1. The second-order valence-corrected chi connectivity index (χ2v) is 8.29. The summed E-state index contributed by atoms with van der Waals surface area (Å²) in [5.74, 6) is 0.502. The number of aldehydes is 1. The van der Waals surface area contributed by atoms with E-state index >= 15 is 4.39 Å². The Hall–Kier alpha value is -2.49. The molecule has 0 N–H and O–H groups in total. The van der Waals surface area contributed by atoms with E-state index in [4.69, 9.17) is 4.98 Å². The van der Waals surface area contributed by atoms with E-state index in [9.17, 15) is 4.79 Å². The number of nitrogens with zero attached hydrogens (tertiary/aromatic N) is 2. The molecule has 2 aromatic heterocycles. The Morgan fingerprint density at radius 3 is 2.61 bits per heavy atom. The highest BCUT2D eigenvalue weighted by atomic mass is 19.1. The SMILES string of the molecule is CCc1nc(C)ccc1-c1cc(C=O)cc2c(F)c(C(C)C)n(CC3CC3)c12. The summed E-state index contributed by atoms with van der Waals surface area (Å²) in [6.45, 7) is 8.96. The van der Waals surface area contributed by atoms with Crippen molar-refractivity contribution in [2.24, 2.45) is 5.92 Å². The Bertz CT molecular complexity index is 1060. The fourth-order valence-electron chi connectivity index (χ4n) is 4.20. The molecule has 0 spiro atoms. The summed E-state index contributed by atoms with van der Waals surface area (Å²) in [5, 5.41) is 0.548. The van der Waals surface area contributed by atoms with Crippen LogP contribution >= 0.6 is 0 Å². The summed E-state index contributed by atoms with van der Waals surface area (Å²) < 4.78 is 17.7. The lowest BCUT2D eigenvalue weighted by Gasteiger charge is -2.16. The van der Waals surface area contributed by atoms with Crippen molar-refractivity contribution in [3.8, 4) is 11.1 Å². The maximum absolute atomic E-state index is 15.5. The summed E-state index contributed by atoms with van der Waals surface area (Å²) in [5.41, 5.74) is 5.99. The first-order valence-corrected chi connectivity index (χ1v) is 10.2. The molecule has 0 aliphatic heterocycles.